The lowest BCUT2D eigenvalue weighted by atomic mass is 9.83. The summed E-state index contributed by atoms with van der Waals surface area (Å²) in [6.07, 6.45) is 7.55. The van der Waals surface area contributed by atoms with Gasteiger partial charge in [-0.1, -0.05) is 30.5 Å². The molecule has 0 amide bonds. The first-order valence-corrected chi connectivity index (χ1v) is 11.8. The van der Waals surface area contributed by atoms with Crippen molar-refractivity contribution in [3.63, 3.8) is 0 Å². The highest BCUT2D eigenvalue weighted by Gasteiger charge is 2.32. The van der Waals surface area contributed by atoms with Crippen LogP contribution in [0.2, 0.25) is 0 Å². The molecule has 6 heteroatoms. The summed E-state index contributed by atoms with van der Waals surface area (Å²) in [6, 6.07) is 10.6. The first-order valence-electron chi connectivity index (χ1n) is 11.8. The summed E-state index contributed by atoms with van der Waals surface area (Å²) in [4.78, 5) is 26.6. The molecule has 3 aromatic rings. The first kappa shape index (κ1) is 21.1. The second-order valence-corrected chi connectivity index (χ2v) is 9.28. The highest BCUT2D eigenvalue weighted by atomic mass is 16.5. The molecule has 2 saturated carbocycles. The molecule has 2 fully saturated rings. The van der Waals surface area contributed by atoms with Gasteiger partial charge >= 0.3 is 0 Å². The van der Waals surface area contributed by atoms with Gasteiger partial charge in [0, 0.05) is 19.0 Å². The molecule has 2 aliphatic carbocycles. The van der Waals surface area contributed by atoms with Gasteiger partial charge in [0.05, 0.1) is 17.7 Å². The third kappa shape index (κ3) is 4.16. The van der Waals surface area contributed by atoms with Crippen LogP contribution in [0.1, 0.15) is 63.0 Å². The van der Waals surface area contributed by atoms with Crippen LogP contribution < -0.4 is 4.74 Å². The predicted octanol–water partition coefficient (Wildman–Crippen LogP) is 5.03. The number of Topliss-reactive ketones (excluding diaryl/α,β-unsaturated/α-hetero) is 2. The number of hydrogen-bond donors (Lipinski definition) is 0. The lowest BCUT2D eigenvalue weighted by Gasteiger charge is -2.31. The van der Waals surface area contributed by atoms with Gasteiger partial charge in [-0.15, -0.1) is 0 Å². The zero-order valence-electron chi connectivity index (χ0n) is 18.6. The summed E-state index contributed by atoms with van der Waals surface area (Å²) < 4.78 is 11.6. The number of hydrogen-bond acceptors (Lipinski definition) is 6. The average Bonchev–Trinajstić information content (AvgIpc) is 3.24. The maximum absolute atomic E-state index is 12.5. The van der Waals surface area contributed by atoms with E-state index in [0.29, 0.717) is 36.8 Å². The fourth-order valence-corrected chi connectivity index (χ4v) is 5.27. The number of ether oxygens (including phenoxy) is 1. The molecule has 0 aliphatic heterocycles. The number of aromatic nitrogens is 1. The van der Waals surface area contributed by atoms with E-state index in [2.05, 4.69) is 17.1 Å². The fourth-order valence-electron chi connectivity index (χ4n) is 5.27. The topological polar surface area (TPSA) is 72.6 Å². The van der Waals surface area contributed by atoms with E-state index >= 15 is 0 Å². The van der Waals surface area contributed by atoms with Crippen LogP contribution in [-0.4, -0.2) is 47.9 Å². The third-order valence-electron chi connectivity index (χ3n) is 7.16. The molecule has 0 saturated heterocycles. The second-order valence-electron chi connectivity index (χ2n) is 9.28. The monoisotopic (exact) mass is 434 g/mol. The molecule has 32 heavy (non-hydrogen) atoms. The van der Waals surface area contributed by atoms with E-state index in [4.69, 9.17) is 9.26 Å². The van der Waals surface area contributed by atoms with Crippen molar-refractivity contribution in [1.82, 2.24) is 10.1 Å². The first-order chi connectivity index (χ1) is 15.6. The molecule has 1 unspecified atom stereocenters. The molecular formula is C26H30N2O4. The van der Waals surface area contributed by atoms with Crippen molar-refractivity contribution >= 4 is 33.3 Å². The van der Waals surface area contributed by atoms with Gasteiger partial charge in [0.15, 0.2) is 5.58 Å². The lowest BCUT2D eigenvalue weighted by molar-refractivity contribution is -0.130. The van der Waals surface area contributed by atoms with Crippen molar-refractivity contribution in [2.24, 2.45) is 0 Å². The molecule has 0 radical (unpaired) electrons. The van der Waals surface area contributed by atoms with Gasteiger partial charge in [-0.25, -0.2) is 0 Å². The minimum atomic E-state index is -0.370. The SMILES string of the molecule is CN(CCOc1ccc2c(ccc3onc(C4CCC(=O)CC4=O)c32)c1)C1CCCCC1. The standard InChI is InChI=1S/C26H30N2O4/c1-28(18-5-3-2-4-6-18)13-14-31-20-9-11-21-17(15-20)7-12-24-25(21)26(27-32-24)22-10-8-19(29)16-23(22)30/h7,9,11-12,15,18,22H,2-6,8,10,13-14,16H2,1H3. The summed E-state index contributed by atoms with van der Waals surface area (Å²) >= 11 is 0. The largest absolute Gasteiger partial charge is 0.492 e. The lowest BCUT2D eigenvalue weighted by Crippen LogP contribution is -2.36. The summed E-state index contributed by atoms with van der Waals surface area (Å²) in [5.41, 5.74) is 1.32. The molecule has 5 rings (SSSR count). The Bertz CT molecular complexity index is 1150. The number of likely N-dealkylation sites (N-methyl/N-ethyl adjacent to an activating group) is 1. The van der Waals surface area contributed by atoms with Crippen LogP contribution in [0.5, 0.6) is 5.75 Å². The van der Waals surface area contributed by atoms with Crippen molar-refractivity contribution in [3.05, 3.63) is 36.0 Å². The second kappa shape index (κ2) is 9.02. The Balaban J connectivity index is 1.34. The fraction of sp³-hybridized carbons (Fsp3) is 0.500. The molecule has 1 aromatic heterocycles. The van der Waals surface area contributed by atoms with E-state index in [0.717, 1.165) is 28.5 Å². The van der Waals surface area contributed by atoms with Crippen molar-refractivity contribution in [2.45, 2.75) is 63.3 Å². The normalized spacial score (nSPS) is 20.5. The molecular weight excluding hydrogens is 404 g/mol. The van der Waals surface area contributed by atoms with Crippen LogP contribution in [0.3, 0.4) is 0 Å². The van der Waals surface area contributed by atoms with Gasteiger partial charge in [-0.2, -0.15) is 0 Å². The van der Waals surface area contributed by atoms with Crippen LogP contribution in [0.15, 0.2) is 34.9 Å². The van der Waals surface area contributed by atoms with Crippen LogP contribution in [0.4, 0.5) is 0 Å². The zero-order chi connectivity index (χ0) is 22.1. The van der Waals surface area contributed by atoms with Crippen molar-refractivity contribution in [3.8, 4) is 5.75 Å². The third-order valence-corrected chi connectivity index (χ3v) is 7.16. The van der Waals surface area contributed by atoms with Crippen LogP contribution in [0.25, 0.3) is 21.7 Å². The van der Waals surface area contributed by atoms with Gasteiger partial charge < -0.3 is 14.2 Å². The van der Waals surface area contributed by atoms with Crippen molar-refractivity contribution in [2.75, 3.05) is 20.2 Å². The summed E-state index contributed by atoms with van der Waals surface area (Å²) in [5.74, 6) is 0.423. The molecule has 1 atom stereocenters. The van der Waals surface area contributed by atoms with Gasteiger partial charge in [0.1, 0.15) is 29.6 Å². The van der Waals surface area contributed by atoms with Gasteiger partial charge in [0.2, 0.25) is 0 Å². The molecule has 1 heterocycles. The zero-order valence-corrected chi connectivity index (χ0v) is 18.6. The number of ketones is 2. The summed E-state index contributed by atoms with van der Waals surface area (Å²) in [6.45, 7) is 1.57. The van der Waals surface area contributed by atoms with E-state index in [1.54, 1.807) is 0 Å². The van der Waals surface area contributed by atoms with Crippen LogP contribution in [-0.2, 0) is 9.59 Å². The van der Waals surface area contributed by atoms with Gasteiger partial charge in [-0.3, -0.25) is 9.59 Å². The van der Waals surface area contributed by atoms with Crippen LogP contribution in [0, 0.1) is 0 Å². The molecule has 0 bridgehead atoms. The van der Waals surface area contributed by atoms with E-state index in [1.807, 2.05) is 30.3 Å². The number of nitrogens with zero attached hydrogens (tertiary/aromatic N) is 2. The number of fused-ring (bicyclic) bond motifs is 3. The maximum atomic E-state index is 12.5. The Morgan fingerprint density at radius 2 is 1.94 bits per heavy atom. The van der Waals surface area contributed by atoms with E-state index in [9.17, 15) is 9.59 Å². The minimum absolute atomic E-state index is 0.00290. The highest BCUT2D eigenvalue weighted by Crippen LogP contribution is 2.37. The Morgan fingerprint density at radius 3 is 2.75 bits per heavy atom. The quantitative estimate of drug-likeness (QED) is 0.507. The van der Waals surface area contributed by atoms with Gasteiger partial charge in [-0.05, 0) is 61.3 Å². The Kier molecular flexibility index (Phi) is 5.96. The van der Waals surface area contributed by atoms with Gasteiger partial charge in [0.25, 0.3) is 0 Å². The number of carbonyl (C=O) groups is 2. The van der Waals surface area contributed by atoms with Crippen LogP contribution >= 0.6 is 0 Å². The molecule has 0 N–H and O–H groups in total. The minimum Gasteiger partial charge on any atom is -0.492 e. The Morgan fingerprint density at radius 1 is 1.09 bits per heavy atom. The Labute approximate surface area is 187 Å². The number of benzene rings is 2. The summed E-state index contributed by atoms with van der Waals surface area (Å²) in [7, 11) is 2.20. The maximum Gasteiger partial charge on any atom is 0.167 e. The average molecular weight is 435 g/mol. The van der Waals surface area contributed by atoms with E-state index < -0.39 is 0 Å². The number of rotatable bonds is 6. The molecule has 2 aliphatic rings. The molecule has 2 aromatic carbocycles. The Hall–Kier alpha value is -2.73. The molecule has 168 valence electrons. The molecule has 0 spiro atoms. The molecule has 6 nitrogen and oxygen atoms in total. The van der Waals surface area contributed by atoms with E-state index in [-0.39, 0.29) is 23.9 Å². The van der Waals surface area contributed by atoms with Crippen molar-refractivity contribution < 1.29 is 18.8 Å². The number of carbonyl (C=O) groups excluding carboxylic acids is 2. The highest BCUT2D eigenvalue weighted by molar-refractivity contribution is 6.11. The van der Waals surface area contributed by atoms with E-state index in [1.165, 1.54) is 32.1 Å². The smallest absolute Gasteiger partial charge is 0.167 e. The van der Waals surface area contributed by atoms with Crippen molar-refractivity contribution in [1.29, 1.82) is 0 Å². The predicted molar refractivity (Wildman–Crippen MR) is 123 cm³/mol. The summed E-state index contributed by atoms with van der Waals surface area (Å²) in [5, 5.41) is 7.13.